The summed E-state index contributed by atoms with van der Waals surface area (Å²) in [6.45, 7) is 4.75. The summed E-state index contributed by atoms with van der Waals surface area (Å²) in [7, 11) is 3.84. The van der Waals surface area contributed by atoms with E-state index in [1.165, 1.54) is 19.3 Å². The molecule has 0 amide bonds. The van der Waals surface area contributed by atoms with Gasteiger partial charge in [-0.3, -0.25) is 4.90 Å². The molecule has 0 aliphatic carbocycles. The highest BCUT2D eigenvalue weighted by atomic mass is 16.5. The maximum absolute atomic E-state index is 5.64. The molecule has 0 bridgehead atoms. The second kappa shape index (κ2) is 8.48. The first kappa shape index (κ1) is 12.9. The average Bonchev–Trinajstić information content (AvgIpc) is 2.14. The first-order valence-corrected chi connectivity index (χ1v) is 5.15. The van der Waals surface area contributed by atoms with Crippen LogP contribution in [0.25, 0.3) is 0 Å². The molecule has 1 unspecified atom stereocenters. The van der Waals surface area contributed by atoms with Crippen LogP contribution in [0.4, 0.5) is 0 Å². The van der Waals surface area contributed by atoms with Gasteiger partial charge in [-0.15, -0.1) is 0 Å². The minimum absolute atomic E-state index is 0.377. The van der Waals surface area contributed by atoms with Crippen LogP contribution in [-0.4, -0.2) is 44.8 Å². The largest absolute Gasteiger partial charge is 0.383 e. The molecule has 0 rings (SSSR count). The maximum Gasteiger partial charge on any atom is 0.0630 e. The van der Waals surface area contributed by atoms with Crippen LogP contribution >= 0.6 is 0 Å². The van der Waals surface area contributed by atoms with Crippen LogP contribution in [-0.2, 0) is 4.74 Å². The first-order chi connectivity index (χ1) is 6.26. The van der Waals surface area contributed by atoms with Gasteiger partial charge in [0.2, 0.25) is 0 Å². The first-order valence-electron chi connectivity index (χ1n) is 5.15. The van der Waals surface area contributed by atoms with Gasteiger partial charge < -0.3 is 10.5 Å². The summed E-state index contributed by atoms with van der Waals surface area (Å²) in [6.07, 6.45) is 3.83. The summed E-state index contributed by atoms with van der Waals surface area (Å²) in [5.74, 6) is 0. The summed E-state index contributed by atoms with van der Waals surface area (Å²) in [6, 6.07) is 0.377. The fourth-order valence-corrected chi connectivity index (χ4v) is 1.36. The van der Waals surface area contributed by atoms with Crippen molar-refractivity contribution < 1.29 is 4.74 Å². The molecular formula is C10H24N2O. The molecule has 3 nitrogen and oxygen atoms in total. The molecule has 0 aliphatic rings. The van der Waals surface area contributed by atoms with E-state index in [0.717, 1.165) is 13.2 Å². The van der Waals surface area contributed by atoms with E-state index >= 15 is 0 Å². The molecule has 0 aromatic carbocycles. The van der Waals surface area contributed by atoms with Crippen molar-refractivity contribution >= 4 is 0 Å². The summed E-state index contributed by atoms with van der Waals surface area (Å²) in [5.41, 5.74) is 5.64. The molecule has 80 valence electrons. The molecule has 0 aliphatic heterocycles. The standard InChI is InChI=1S/C10H24N2O/c1-4-5-6-7-12(2)10(8-11)9-13-3/h10H,4-9,11H2,1-3H3. The fraction of sp³-hybridized carbons (Fsp3) is 1.00. The van der Waals surface area contributed by atoms with Crippen LogP contribution in [0.2, 0.25) is 0 Å². The van der Waals surface area contributed by atoms with Crippen molar-refractivity contribution in [2.24, 2.45) is 5.73 Å². The zero-order chi connectivity index (χ0) is 10.1. The van der Waals surface area contributed by atoms with Crippen molar-refractivity contribution in [2.45, 2.75) is 32.2 Å². The van der Waals surface area contributed by atoms with Gasteiger partial charge in [0.15, 0.2) is 0 Å². The third kappa shape index (κ3) is 6.02. The molecule has 0 saturated heterocycles. The minimum Gasteiger partial charge on any atom is -0.383 e. The number of unbranched alkanes of at least 4 members (excludes halogenated alkanes) is 2. The Morgan fingerprint density at radius 2 is 2.08 bits per heavy atom. The van der Waals surface area contributed by atoms with E-state index in [2.05, 4.69) is 18.9 Å². The number of nitrogens with two attached hydrogens (primary N) is 1. The van der Waals surface area contributed by atoms with Crippen LogP contribution in [0.3, 0.4) is 0 Å². The summed E-state index contributed by atoms with van der Waals surface area (Å²) in [5, 5.41) is 0. The number of ether oxygens (including phenoxy) is 1. The van der Waals surface area contributed by atoms with Crippen molar-refractivity contribution in [1.29, 1.82) is 0 Å². The van der Waals surface area contributed by atoms with Crippen LogP contribution in [0.15, 0.2) is 0 Å². The number of methoxy groups -OCH3 is 1. The molecule has 0 aromatic heterocycles. The third-order valence-corrected chi connectivity index (χ3v) is 2.37. The monoisotopic (exact) mass is 188 g/mol. The molecule has 0 fully saturated rings. The molecule has 1 atom stereocenters. The van der Waals surface area contributed by atoms with Gasteiger partial charge in [-0.25, -0.2) is 0 Å². The van der Waals surface area contributed by atoms with Crippen LogP contribution in [0.5, 0.6) is 0 Å². The SMILES string of the molecule is CCCCCN(C)C(CN)COC. The van der Waals surface area contributed by atoms with E-state index < -0.39 is 0 Å². The minimum atomic E-state index is 0.377. The molecule has 0 saturated carbocycles. The van der Waals surface area contributed by atoms with Gasteiger partial charge in [0.1, 0.15) is 0 Å². The Kier molecular flexibility index (Phi) is 8.40. The molecular weight excluding hydrogens is 164 g/mol. The van der Waals surface area contributed by atoms with Crippen LogP contribution in [0.1, 0.15) is 26.2 Å². The number of rotatable bonds is 8. The van der Waals surface area contributed by atoms with Gasteiger partial charge in [0, 0.05) is 19.7 Å². The van der Waals surface area contributed by atoms with E-state index in [1.54, 1.807) is 7.11 Å². The van der Waals surface area contributed by atoms with Gasteiger partial charge in [-0.05, 0) is 20.0 Å². The maximum atomic E-state index is 5.64. The van der Waals surface area contributed by atoms with Gasteiger partial charge in [0.25, 0.3) is 0 Å². The second-order valence-corrected chi connectivity index (χ2v) is 3.53. The number of hydrogen-bond donors (Lipinski definition) is 1. The highest BCUT2D eigenvalue weighted by molar-refractivity contribution is 4.68. The molecule has 0 heterocycles. The van der Waals surface area contributed by atoms with E-state index in [9.17, 15) is 0 Å². The van der Waals surface area contributed by atoms with E-state index in [0.29, 0.717) is 12.6 Å². The molecule has 2 N–H and O–H groups in total. The molecule has 3 heteroatoms. The fourth-order valence-electron chi connectivity index (χ4n) is 1.36. The lowest BCUT2D eigenvalue weighted by Crippen LogP contribution is -2.41. The molecule has 0 spiro atoms. The quantitative estimate of drug-likeness (QED) is 0.579. The Bertz CT molecular complexity index is 109. The zero-order valence-corrected chi connectivity index (χ0v) is 9.25. The summed E-state index contributed by atoms with van der Waals surface area (Å²) < 4.78 is 5.10. The van der Waals surface area contributed by atoms with Crippen LogP contribution in [0, 0.1) is 0 Å². The number of nitrogens with zero attached hydrogens (tertiary/aromatic N) is 1. The van der Waals surface area contributed by atoms with E-state index in [-0.39, 0.29) is 0 Å². The highest BCUT2D eigenvalue weighted by Gasteiger charge is 2.11. The summed E-state index contributed by atoms with van der Waals surface area (Å²) >= 11 is 0. The Hall–Kier alpha value is -0.120. The van der Waals surface area contributed by atoms with Crippen molar-refractivity contribution in [3.05, 3.63) is 0 Å². The lowest BCUT2D eigenvalue weighted by atomic mass is 10.2. The molecule has 0 aromatic rings. The van der Waals surface area contributed by atoms with Gasteiger partial charge in [0.05, 0.1) is 6.61 Å². The van der Waals surface area contributed by atoms with Gasteiger partial charge >= 0.3 is 0 Å². The molecule has 13 heavy (non-hydrogen) atoms. The summed E-state index contributed by atoms with van der Waals surface area (Å²) in [4.78, 5) is 2.29. The average molecular weight is 188 g/mol. The topological polar surface area (TPSA) is 38.5 Å². The lowest BCUT2D eigenvalue weighted by molar-refractivity contribution is 0.109. The smallest absolute Gasteiger partial charge is 0.0630 e. The van der Waals surface area contributed by atoms with E-state index in [4.69, 9.17) is 10.5 Å². The Balaban J connectivity index is 3.57. The predicted molar refractivity (Wildman–Crippen MR) is 56.9 cm³/mol. The molecule has 0 radical (unpaired) electrons. The van der Waals surface area contributed by atoms with Crippen molar-refractivity contribution in [2.75, 3.05) is 33.9 Å². The Labute approximate surface area is 82.2 Å². The lowest BCUT2D eigenvalue weighted by Gasteiger charge is -2.26. The number of hydrogen-bond acceptors (Lipinski definition) is 3. The number of likely N-dealkylation sites (N-methyl/N-ethyl adjacent to an activating group) is 1. The van der Waals surface area contributed by atoms with Crippen molar-refractivity contribution in [3.8, 4) is 0 Å². The predicted octanol–water partition coefficient (Wildman–Crippen LogP) is 1.08. The van der Waals surface area contributed by atoms with Crippen LogP contribution < -0.4 is 5.73 Å². The van der Waals surface area contributed by atoms with Crippen molar-refractivity contribution in [3.63, 3.8) is 0 Å². The van der Waals surface area contributed by atoms with Gasteiger partial charge in [-0.1, -0.05) is 19.8 Å². The Morgan fingerprint density at radius 3 is 2.54 bits per heavy atom. The third-order valence-electron chi connectivity index (χ3n) is 2.37. The normalized spacial score (nSPS) is 13.6. The second-order valence-electron chi connectivity index (χ2n) is 3.53. The Morgan fingerprint density at radius 1 is 1.38 bits per heavy atom. The van der Waals surface area contributed by atoms with Gasteiger partial charge in [-0.2, -0.15) is 0 Å². The van der Waals surface area contributed by atoms with E-state index in [1.807, 2.05) is 0 Å². The van der Waals surface area contributed by atoms with Crippen molar-refractivity contribution in [1.82, 2.24) is 4.90 Å². The highest BCUT2D eigenvalue weighted by Crippen LogP contribution is 2.00. The zero-order valence-electron chi connectivity index (χ0n) is 9.25.